The normalized spacial score (nSPS) is 13.0. The fourth-order valence-electron chi connectivity index (χ4n) is 2.05. The first-order valence-corrected chi connectivity index (χ1v) is 7.69. The molecular weight excluding hydrogens is 340 g/mol. The van der Waals surface area contributed by atoms with Crippen LogP contribution in [0.4, 0.5) is 8.78 Å². The van der Waals surface area contributed by atoms with Crippen LogP contribution in [0.15, 0.2) is 36.8 Å². The van der Waals surface area contributed by atoms with Crippen molar-refractivity contribution >= 4 is 11.3 Å². The predicted octanol–water partition coefficient (Wildman–Crippen LogP) is 1.96. The minimum Gasteiger partial charge on any atom is -0.487 e. The van der Waals surface area contributed by atoms with Crippen LogP contribution in [0.25, 0.3) is 10.4 Å². The number of rotatable bonds is 6. The zero-order valence-corrected chi connectivity index (χ0v) is 13.3. The Labute approximate surface area is 139 Å². The Morgan fingerprint density at radius 2 is 2.17 bits per heavy atom. The Bertz CT molecular complexity index is 792. The molecule has 126 valence electrons. The van der Waals surface area contributed by atoms with Crippen molar-refractivity contribution in [3.8, 4) is 15.5 Å². The Kier molecular flexibility index (Phi) is 4.49. The highest BCUT2D eigenvalue weighted by Crippen LogP contribution is 2.35. The highest BCUT2D eigenvalue weighted by molar-refractivity contribution is 7.17. The van der Waals surface area contributed by atoms with Crippen LogP contribution in [0, 0.1) is 0 Å². The highest BCUT2D eigenvalue weighted by atomic mass is 32.1. The minimum atomic E-state index is -3.53. The van der Waals surface area contributed by atoms with Crippen molar-refractivity contribution in [3.63, 3.8) is 0 Å². The van der Waals surface area contributed by atoms with Crippen LogP contribution in [-0.2, 0) is 12.5 Å². The molecule has 7 nitrogen and oxygen atoms in total. The molecule has 1 atom stereocenters. The van der Waals surface area contributed by atoms with Crippen LogP contribution < -0.4 is 4.74 Å². The van der Waals surface area contributed by atoms with Crippen molar-refractivity contribution in [2.75, 3.05) is 7.11 Å². The topological polar surface area (TPSA) is 86.0 Å². The lowest BCUT2D eigenvalue weighted by Crippen LogP contribution is -2.35. The molecule has 0 saturated carbocycles. The molecular formula is C14H13F2N5O2S. The largest absolute Gasteiger partial charge is 0.487 e. The van der Waals surface area contributed by atoms with Gasteiger partial charge in [0.15, 0.2) is 5.06 Å². The second-order valence-corrected chi connectivity index (χ2v) is 5.97. The highest BCUT2D eigenvalue weighted by Gasteiger charge is 2.42. The lowest BCUT2D eigenvalue weighted by atomic mass is 10.1. The fourth-order valence-corrected chi connectivity index (χ4v) is 2.86. The van der Waals surface area contributed by atoms with Gasteiger partial charge in [-0.25, -0.2) is 4.68 Å². The summed E-state index contributed by atoms with van der Waals surface area (Å²) in [5, 5.41) is 20.7. The SMILES string of the molecule is COc1ccc(-c2ccc(C(F)(F)C(O)Cn3cnnn3)nc2)s1. The number of aliphatic hydroxyl groups excluding tert-OH is 1. The average Bonchev–Trinajstić information content (AvgIpc) is 3.26. The molecule has 3 aromatic heterocycles. The van der Waals surface area contributed by atoms with E-state index in [0.717, 1.165) is 20.9 Å². The number of methoxy groups -OCH3 is 1. The number of thiophene rings is 1. The number of hydrogen-bond donors (Lipinski definition) is 1. The van der Waals surface area contributed by atoms with E-state index in [9.17, 15) is 13.9 Å². The maximum Gasteiger partial charge on any atom is 0.316 e. The first kappa shape index (κ1) is 16.4. The summed E-state index contributed by atoms with van der Waals surface area (Å²) in [5.41, 5.74) is 0.174. The second-order valence-electron chi connectivity index (χ2n) is 4.93. The van der Waals surface area contributed by atoms with Crippen LogP contribution in [0.5, 0.6) is 5.06 Å². The molecule has 0 aliphatic carbocycles. The quantitative estimate of drug-likeness (QED) is 0.729. The van der Waals surface area contributed by atoms with Crippen molar-refractivity contribution < 1.29 is 18.6 Å². The molecule has 1 unspecified atom stereocenters. The van der Waals surface area contributed by atoms with Crippen LogP contribution in [0.3, 0.4) is 0 Å². The number of aromatic nitrogens is 5. The average molecular weight is 353 g/mol. The van der Waals surface area contributed by atoms with Gasteiger partial charge in [-0.2, -0.15) is 8.78 Å². The molecule has 10 heteroatoms. The fraction of sp³-hybridized carbons (Fsp3) is 0.286. The van der Waals surface area contributed by atoms with Crippen molar-refractivity contribution in [2.24, 2.45) is 0 Å². The third-order valence-electron chi connectivity index (χ3n) is 3.34. The smallest absolute Gasteiger partial charge is 0.316 e. The van der Waals surface area contributed by atoms with E-state index in [4.69, 9.17) is 4.74 Å². The van der Waals surface area contributed by atoms with Crippen molar-refractivity contribution in [1.82, 2.24) is 25.2 Å². The van der Waals surface area contributed by atoms with Crippen LogP contribution in [0.2, 0.25) is 0 Å². The molecule has 0 spiro atoms. The van der Waals surface area contributed by atoms with Gasteiger partial charge in [-0.1, -0.05) is 11.3 Å². The van der Waals surface area contributed by atoms with Gasteiger partial charge in [-0.15, -0.1) is 5.10 Å². The number of halogens is 2. The number of alkyl halides is 2. The Morgan fingerprint density at radius 3 is 2.75 bits per heavy atom. The Balaban J connectivity index is 1.78. The summed E-state index contributed by atoms with van der Waals surface area (Å²) in [7, 11) is 1.56. The van der Waals surface area contributed by atoms with E-state index in [-0.39, 0.29) is 0 Å². The Hall–Kier alpha value is -2.46. The number of pyridine rings is 1. The van der Waals surface area contributed by atoms with Crippen molar-refractivity contribution in [2.45, 2.75) is 18.6 Å². The molecule has 0 radical (unpaired) electrons. The zero-order valence-electron chi connectivity index (χ0n) is 12.5. The molecule has 3 heterocycles. The number of nitrogens with zero attached hydrogens (tertiary/aromatic N) is 5. The van der Waals surface area contributed by atoms with E-state index in [1.54, 1.807) is 13.2 Å². The molecule has 0 bridgehead atoms. The van der Waals surface area contributed by atoms with E-state index in [1.807, 2.05) is 6.07 Å². The summed E-state index contributed by atoms with van der Waals surface area (Å²) in [4.78, 5) is 4.66. The second kappa shape index (κ2) is 6.57. The van der Waals surface area contributed by atoms with Gasteiger partial charge in [-0.05, 0) is 34.7 Å². The van der Waals surface area contributed by atoms with Gasteiger partial charge in [0.05, 0.1) is 13.7 Å². The zero-order chi connectivity index (χ0) is 17.2. The van der Waals surface area contributed by atoms with E-state index in [1.165, 1.54) is 29.7 Å². The molecule has 3 rings (SSSR count). The summed E-state index contributed by atoms with van der Waals surface area (Å²) in [5.74, 6) is -3.53. The minimum absolute atomic E-state index is 0.439. The molecule has 1 N–H and O–H groups in total. The molecule has 0 fully saturated rings. The first-order chi connectivity index (χ1) is 11.5. The summed E-state index contributed by atoms with van der Waals surface area (Å²) in [6.45, 7) is -0.439. The molecule has 3 aromatic rings. The molecule has 0 saturated heterocycles. The number of aliphatic hydroxyl groups is 1. The van der Waals surface area contributed by atoms with Gasteiger partial charge < -0.3 is 9.84 Å². The van der Waals surface area contributed by atoms with E-state index in [0.29, 0.717) is 5.56 Å². The van der Waals surface area contributed by atoms with Crippen molar-refractivity contribution in [1.29, 1.82) is 0 Å². The molecule has 0 aliphatic rings. The Morgan fingerprint density at radius 1 is 1.33 bits per heavy atom. The monoisotopic (exact) mass is 353 g/mol. The van der Waals surface area contributed by atoms with Crippen LogP contribution >= 0.6 is 11.3 Å². The lowest BCUT2D eigenvalue weighted by Gasteiger charge is -2.21. The van der Waals surface area contributed by atoms with Gasteiger partial charge in [0.1, 0.15) is 18.1 Å². The number of ether oxygens (including phenoxy) is 1. The van der Waals surface area contributed by atoms with Gasteiger partial charge in [-0.3, -0.25) is 4.98 Å². The molecule has 0 amide bonds. The van der Waals surface area contributed by atoms with Crippen molar-refractivity contribution in [3.05, 3.63) is 42.5 Å². The van der Waals surface area contributed by atoms with E-state index < -0.39 is 24.3 Å². The van der Waals surface area contributed by atoms with Gasteiger partial charge in [0.2, 0.25) is 0 Å². The van der Waals surface area contributed by atoms with E-state index >= 15 is 0 Å². The third-order valence-corrected chi connectivity index (χ3v) is 4.44. The van der Waals surface area contributed by atoms with Gasteiger partial charge in [0.25, 0.3) is 0 Å². The van der Waals surface area contributed by atoms with Crippen LogP contribution in [-0.4, -0.2) is 43.5 Å². The maximum atomic E-state index is 14.3. The summed E-state index contributed by atoms with van der Waals surface area (Å²) in [6, 6.07) is 6.35. The molecule has 0 aromatic carbocycles. The number of hydrogen-bond acceptors (Lipinski definition) is 7. The van der Waals surface area contributed by atoms with Gasteiger partial charge in [0, 0.05) is 16.6 Å². The first-order valence-electron chi connectivity index (χ1n) is 6.88. The number of tetrazole rings is 1. The predicted molar refractivity (Wildman–Crippen MR) is 81.8 cm³/mol. The summed E-state index contributed by atoms with van der Waals surface area (Å²) < 4.78 is 34.8. The summed E-state index contributed by atoms with van der Waals surface area (Å²) in [6.07, 6.45) is 0.499. The maximum absolute atomic E-state index is 14.3. The summed E-state index contributed by atoms with van der Waals surface area (Å²) >= 11 is 1.38. The molecule has 24 heavy (non-hydrogen) atoms. The van der Waals surface area contributed by atoms with Crippen LogP contribution in [0.1, 0.15) is 5.69 Å². The lowest BCUT2D eigenvalue weighted by molar-refractivity contribution is -0.124. The third kappa shape index (κ3) is 3.24. The molecule has 0 aliphatic heterocycles. The van der Waals surface area contributed by atoms with E-state index in [2.05, 4.69) is 20.5 Å². The standard InChI is InChI=1S/C14H13F2N5O2S/c1-23-13-5-3-10(24-13)9-2-4-11(17-6-9)14(15,16)12(22)7-21-8-18-19-20-21/h2-6,8,12,22H,7H2,1H3. The van der Waals surface area contributed by atoms with Gasteiger partial charge >= 0.3 is 5.92 Å².